The summed E-state index contributed by atoms with van der Waals surface area (Å²) in [5, 5.41) is 23.5. The van der Waals surface area contributed by atoms with Crippen molar-refractivity contribution in [1.29, 1.82) is 0 Å². The fourth-order valence-corrected chi connectivity index (χ4v) is 2.76. The second-order valence-corrected chi connectivity index (χ2v) is 5.59. The monoisotopic (exact) mass is 282 g/mol. The van der Waals surface area contributed by atoms with E-state index in [0.717, 1.165) is 31.7 Å². The molecular formula is C14H19FN2O3. The Morgan fingerprint density at radius 1 is 1.45 bits per heavy atom. The third-order valence-electron chi connectivity index (χ3n) is 4.13. The first kappa shape index (κ1) is 14.7. The van der Waals surface area contributed by atoms with Gasteiger partial charge in [0, 0.05) is 12.0 Å². The van der Waals surface area contributed by atoms with E-state index in [1.54, 1.807) is 6.92 Å². The topological polar surface area (TPSA) is 75.4 Å². The molecule has 2 N–H and O–H groups in total. The maximum Gasteiger partial charge on any atom is 0.295 e. The smallest absolute Gasteiger partial charge is 0.295 e. The van der Waals surface area contributed by atoms with Crippen LogP contribution in [-0.4, -0.2) is 23.2 Å². The lowest BCUT2D eigenvalue weighted by Crippen LogP contribution is -2.30. The predicted molar refractivity (Wildman–Crippen MR) is 74.3 cm³/mol. The Hall–Kier alpha value is -1.69. The van der Waals surface area contributed by atoms with Gasteiger partial charge >= 0.3 is 0 Å². The molecule has 0 atom stereocenters. The van der Waals surface area contributed by atoms with E-state index in [1.165, 1.54) is 6.07 Å². The van der Waals surface area contributed by atoms with E-state index in [2.05, 4.69) is 5.32 Å². The molecule has 0 saturated heterocycles. The largest absolute Gasteiger partial charge is 0.396 e. The molecule has 0 aromatic heterocycles. The van der Waals surface area contributed by atoms with Crippen LogP contribution in [0.3, 0.4) is 0 Å². The number of aliphatic hydroxyl groups excluding tert-OH is 1. The summed E-state index contributed by atoms with van der Waals surface area (Å²) in [6, 6.07) is 2.39. The SMILES string of the molecule is Cc1cc(NCC2(CO)CCCC2)c([N+](=O)[O-])cc1F. The number of aryl methyl sites for hydroxylation is 1. The van der Waals surface area contributed by atoms with Crippen molar-refractivity contribution in [3.8, 4) is 0 Å². The zero-order valence-electron chi connectivity index (χ0n) is 11.5. The number of rotatable bonds is 5. The number of nitro benzene ring substituents is 1. The molecule has 0 aliphatic heterocycles. The molecule has 1 aromatic carbocycles. The Bertz CT molecular complexity index is 513. The van der Waals surface area contributed by atoms with Gasteiger partial charge in [-0.05, 0) is 31.4 Å². The minimum absolute atomic E-state index is 0.0635. The number of nitro groups is 1. The summed E-state index contributed by atoms with van der Waals surface area (Å²) in [7, 11) is 0. The van der Waals surface area contributed by atoms with Gasteiger partial charge in [-0.3, -0.25) is 10.1 Å². The van der Waals surface area contributed by atoms with E-state index in [1.807, 2.05) is 0 Å². The van der Waals surface area contributed by atoms with Gasteiger partial charge in [-0.15, -0.1) is 0 Å². The highest BCUT2D eigenvalue weighted by atomic mass is 19.1. The van der Waals surface area contributed by atoms with Crippen LogP contribution >= 0.6 is 0 Å². The van der Waals surface area contributed by atoms with Crippen LogP contribution in [0.2, 0.25) is 0 Å². The number of hydrogen-bond donors (Lipinski definition) is 2. The van der Waals surface area contributed by atoms with Gasteiger partial charge in [0.1, 0.15) is 11.5 Å². The van der Waals surface area contributed by atoms with Crippen molar-refractivity contribution in [3.63, 3.8) is 0 Å². The van der Waals surface area contributed by atoms with Crippen molar-refractivity contribution in [3.05, 3.63) is 33.6 Å². The second-order valence-electron chi connectivity index (χ2n) is 5.59. The molecule has 1 fully saturated rings. The van der Waals surface area contributed by atoms with E-state index in [0.29, 0.717) is 17.8 Å². The summed E-state index contributed by atoms with van der Waals surface area (Å²) in [5.74, 6) is -0.583. The quantitative estimate of drug-likeness (QED) is 0.643. The zero-order valence-corrected chi connectivity index (χ0v) is 11.5. The Balaban J connectivity index is 2.20. The fourth-order valence-electron chi connectivity index (χ4n) is 2.76. The van der Waals surface area contributed by atoms with Gasteiger partial charge < -0.3 is 10.4 Å². The number of halogens is 1. The highest BCUT2D eigenvalue weighted by Crippen LogP contribution is 2.38. The van der Waals surface area contributed by atoms with Gasteiger partial charge in [-0.2, -0.15) is 0 Å². The first-order chi connectivity index (χ1) is 9.47. The lowest BCUT2D eigenvalue weighted by atomic mass is 9.87. The second kappa shape index (κ2) is 5.75. The van der Waals surface area contributed by atoms with E-state index in [-0.39, 0.29) is 17.7 Å². The maximum absolute atomic E-state index is 13.4. The molecule has 0 bridgehead atoms. The van der Waals surface area contributed by atoms with Gasteiger partial charge in [0.05, 0.1) is 17.6 Å². The summed E-state index contributed by atoms with van der Waals surface area (Å²) in [5.41, 5.74) is 0.200. The molecular weight excluding hydrogens is 263 g/mol. The summed E-state index contributed by atoms with van der Waals surface area (Å²) < 4.78 is 13.4. The van der Waals surface area contributed by atoms with Crippen LogP contribution in [0.15, 0.2) is 12.1 Å². The molecule has 0 radical (unpaired) electrons. The minimum atomic E-state index is -0.592. The summed E-state index contributed by atoms with van der Waals surface area (Å²) in [6.07, 6.45) is 3.94. The van der Waals surface area contributed by atoms with Crippen LogP contribution in [0, 0.1) is 28.3 Å². The molecule has 5 nitrogen and oxygen atoms in total. The Morgan fingerprint density at radius 2 is 2.10 bits per heavy atom. The number of nitrogens with zero attached hydrogens (tertiary/aromatic N) is 1. The number of hydrogen-bond acceptors (Lipinski definition) is 4. The predicted octanol–water partition coefficient (Wildman–Crippen LogP) is 3.01. The number of aliphatic hydroxyl groups is 1. The Labute approximate surface area is 117 Å². The molecule has 110 valence electrons. The molecule has 20 heavy (non-hydrogen) atoms. The molecule has 0 amide bonds. The van der Waals surface area contributed by atoms with Crippen LogP contribution in [0.5, 0.6) is 0 Å². The average molecular weight is 282 g/mol. The lowest BCUT2D eigenvalue weighted by molar-refractivity contribution is -0.384. The van der Waals surface area contributed by atoms with Crippen LogP contribution in [0.4, 0.5) is 15.8 Å². The van der Waals surface area contributed by atoms with E-state index in [9.17, 15) is 19.6 Å². The number of benzene rings is 1. The lowest BCUT2D eigenvalue weighted by Gasteiger charge is -2.27. The van der Waals surface area contributed by atoms with Crippen molar-refractivity contribution in [1.82, 2.24) is 0 Å². The Morgan fingerprint density at radius 3 is 2.65 bits per heavy atom. The van der Waals surface area contributed by atoms with Crippen molar-refractivity contribution in [2.45, 2.75) is 32.6 Å². The average Bonchev–Trinajstić information content (AvgIpc) is 2.89. The van der Waals surface area contributed by atoms with Crippen LogP contribution in [0.1, 0.15) is 31.2 Å². The molecule has 1 saturated carbocycles. The van der Waals surface area contributed by atoms with Crippen molar-refractivity contribution < 1.29 is 14.4 Å². The van der Waals surface area contributed by atoms with Crippen LogP contribution in [-0.2, 0) is 0 Å². The highest BCUT2D eigenvalue weighted by molar-refractivity contribution is 5.63. The molecule has 1 aromatic rings. The normalized spacial score (nSPS) is 17.1. The van der Waals surface area contributed by atoms with Gasteiger partial charge in [-0.25, -0.2) is 4.39 Å². The molecule has 0 unspecified atom stereocenters. The van der Waals surface area contributed by atoms with Gasteiger partial charge in [-0.1, -0.05) is 12.8 Å². The summed E-state index contributed by atoms with van der Waals surface area (Å²) in [6.45, 7) is 2.10. The minimum Gasteiger partial charge on any atom is -0.396 e. The third kappa shape index (κ3) is 2.90. The van der Waals surface area contributed by atoms with Crippen molar-refractivity contribution in [2.75, 3.05) is 18.5 Å². The van der Waals surface area contributed by atoms with Crippen molar-refractivity contribution in [2.24, 2.45) is 5.41 Å². The zero-order chi connectivity index (χ0) is 14.8. The summed E-state index contributed by atoms with van der Waals surface area (Å²) in [4.78, 5) is 10.4. The molecule has 2 rings (SSSR count). The molecule has 0 heterocycles. The van der Waals surface area contributed by atoms with Gasteiger partial charge in [0.2, 0.25) is 0 Å². The first-order valence-corrected chi connectivity index (χ1v) is 6.77. The number of nitrogens with one attached hydrogen (secondary N) is 1. The summed E-state index contributed by atoms with van der Waals surface area (Å²) >= 11 is 0. The fraction of sp³-hybridized carbons (Fsp3) is 0.571. The first-order valence-electron chi connectivity index (χ1n) is 6.77. The molecule has 0 spiro atoms. The number of anilines is 1. The van der Waals surface area contributed by atoms with Gasteiger partial charge in [0.15, 0.2) is 0 Å². The van der Waals surface area contributed by atoms with Gasteiger partial charge in [0.25, 0.3) is 5.69 Å². The molecule has 6 heteroatoms. The molecule has 1 aliphatic carbocycles. The highest BCUT2D eigenvalue weighted by Gasteiger charge is 2.33. The van der Waals surface area contributed by atoms with E-state index in [4.69, 9.17) is 0 Å². The van der Waals surface area contributed by atoms with E-state index >= 15 is 0 Å². The van der Waals surface area contributed by atoms with Crippen LogP contribution in [0.25, 0.3) is 0 Å². The maximum atomic E-state index is 13.4. The third-order valence-corrected chi connectivity index (χ3v) is 4.13. The standard InChI is InChI=1S/C14H19FN2O3/c1-10-6-12(13(17(19)20)7-11(10)15)16-8-14(9-18)4-2-3-5-14/h6-7,16,18H,2-5,8-9H2,1H3. The van der Waals surface area contributed by atoms with Crippen LogP contribution < -0.4 is 5.32 Å². The Kier molecular flexibility index (Phi) is 4.23. The molecule has 1 aliphatic rings. The van der Waals surface area contributed by atoms with Crippen molar-refractivity contribution >= 4 is 11.4 Å². The van der Waals surface area contributed by atoms with E-state index < -0.39 is 10.7 Å².